The molecule has 23 heavy (non-hydrogen) atoms. The molecule has 4 atom stereocenters. The Labute approximate surface area is 145 Å². The Morgan fingerprint density at radius 2 is 1.70 bits per heavy atom. The van der Waals surface area contributed by atoms with Gasteiger partial charge in [0, 0.05) is 32.2 Å². The predicted octanol–water partition coefficient (Wildman–Crippen LogP) is 2.09. The van der Waals surface area contributed by atoms with Crippen molar-refractivity contribution in [3.05, 3.63) is 0 Å². The highest BCUT2D eigenvalue weighted by atomic mass is 32.1. The second-order valence-corrected chi connectivity index (χ2v) is 8.51. The molecule has 3 saturated heterocycles. The molecule has 0 radical (unpaired) electrons. The molecule has 2 unspecified atom stereocenters. The molecule has 0 amide bonds. The Balaban J connectivity index is 1.23. The normalized spacial score (nSPS) is 37.0. The van der Waals surface area contributed by atoms with Crippen molar-refractivity contribution in [2.75, 3.05) is 45.9 Å². The first-order valence-electron chi connectivity index (χ1n) is 9.62. The minimum Gasteiger partial charge on any atom is -0.379 e. The summed E-state index contributed by atoms with van der Waals surface area (Å²) in [5.74, 6) is 2.89. The summed E-state index contributed by atoms with van der Waals surface area (Å²) in [5.41, 5.74) is 0. The van der Waals surface area contributed by atoms with E-state index in [9.17, 15) is 0 Å². The second-order valence-electron chi connectivity index (χ2n) is 8.12. The summed E-state index contributed by atoms with van der Waals surface area (Å²) >= 11 is 5.76. The van der Waals surface area contributed by atoms with Gasteiger partial charge < -0.3 is 15.0 Å². The van der Waals surface area contributed by atoms with E-state index in [2.05, 4.69) is 15.1 Å². The van der Waals surface area contributed by atoms with Crippen LogP contribution in [0.2, 0.25) is 0 Å². The molecule has 4 bridgehead atoms. The molecule has 5 heteroatoms. The van der Waals surface area contributed by atoms with Crippen molar-refractivity contribution in [1.29, 1.82) is 0 Å². The molecule has 5 fully saturated rings. The van der Waals surface area contributed by atoms with Crippen LogP contribution >= 0.6 is 12.2 Å². The first-order chi connectivity index (χ1) is 11.3. The van der Waals surface area contributed by atoms with Crippen LogP contribution in [-0.4, -0.2) is 66.9 Å². The number of hydrogen-bond donors (Lipinski definition) is 1. The van der Waals surface area contributed by atoms with Crippen molar-refractivity contribution in [3.63, 3.8) is 0 Å². The maximum absolute atomic E-state index is 5.76. The third kappa shape index (κ3) is 3.83. The lowest BCUT2D eigenvalue weighted by molar-refractivity contribution is 0.0375. The van der Waals surface area contributed by atoms with E-state index in [1.54, 1.807) is 0 Å². The molecule has 0 spiro atoms. The molecule has 3 heterocycles. The number of morpholine rings is 1. The molecule has 0 aromatic carbocycles. The number of nitrogens with one attached hydrogen (secondary N) is 1. The SMILES string of the molecule is S=C(NCCCN1CCOCC1)N1CC2C[C@@H]3CC1C[C@H](C2)C3. The largest absolute Gasteiger partial charge is 0.379 e. The first kappa shape index (κ1) is 16.1. The summed E-state index contributed by atoms with van der Waals surface area (Å²) in [6, 6.07) is 0.727. The molecule has 5 aliphatic rings. The van der Waals surface area contributed by atoms with Crippen LogP contribution in [-0.2, 0) is 4.74 Å². The number of thiocarbonyl (C=S) groups is 1. The fourth-order valence-electron chi connectivity index (χ4n) is 5.46. The number of ether oxygens (including phenoxy) is 1. The van der Waals surface area contributed by atoms with Gasteiger partial charge in [-0.25, -0.2) is 0 Å². The molecule has 130 valence electrons. The number of nitrogens with zero attached hydrogens (tertiary/aromatic N) is 2. The van der Waals surface area contributed by atoms with Crippen molar-refractivity contribution in [2.45, 2.75) is 44.6 Å². The van der Waals surface area contributed by atoms with Gasteiger partial charge in [-0.05, 0) is 75.0 Å². The van der Waals surface area contributed by atoms with Gasteiger partial charge in [-0.1, -0.05) is 0 Å². The monoisotopic (exact) mass is 337 g/mol. The molecule has 4 nitrogen and oxygen atoms in total. The summed E-state index contributed by atoms with van der Waals surface area (Å²) in [5, 5.41) is 4.59. The molecule has 5 rings (SSSR count). The van der Waals surface area contributed by atoms with Gasteiger partial charge in [-0.3, -0.25) is 4.90 Å². The predicted molar refractivity (Wildman–Crippen MR) is 96.5 cm³/mol. The van der Waals surface area contributed by atoms with Crippen molar-refractivity contribution in [1.82, 2.24) is 15.1 Å². The zero-order valence-electron chi connectivity index (χ0n) is 14.2. The summed E-state index contributed by atoms with van der Waals surface area (Å²) in [7, 11) is 0. The Morgan fingerprint density at radius 3 is 2.43 bits per heavy atom. The lowest BCUT2D eigenvalue weighted by atomic mass is 9.68. The van der Waals surface area contributed by atoms with E-state index in [0.717, 1.165) is 68.3 Å². The van der Waals surface area contributed by atoms with Gasteiger partial charge in [0.2, 0.25) is 0 Å². The molecular formula is C18H31N3OS. The van der Waals surface area contributed by atoms with E-state index in [-0.39, 0.29) is 0 Å². The van der Waals surface area contributed by atoms with E-state index >= 15 is 0 Å². The lowest BCUT2D eigenvalue weighted by Gasteiger charge is -2.39. The molecule has 3 aliphatic heterocycles. The Morgan fingerprint density at radius 1 is 1.00 bits per heavy atom. The van der Waals surface area contributed by atoms with Gasteiger partial charge in [-0.2, -0.15) is 0 Å². The molecule has 1 N–H and O–H groups in total. The van der Waals surface area contributed by atoms with Gasteiger partial charge in [0.15, 0.2) is 5.11 Å². The van der Waals surface area contributed by atoms with Crippen LogP contribution in [0.15, 0.2) is 0 Å². The van der Waals surface area contributed by atoms with Crippen molar-refractivity contribution < 1.29 is 4.74 Å². The summed E-state index contributed by atoms with van der Waals surface area (Å²) in [4.78, 5) is 5.06. The van der Waals surface area contributed by atoms with Crippen LogP contribution < -0.4 is 5.32 Å². The van der Waals surface area contributed by atoms with Crippen molar-refractivity contribution >= 4 is 17.3 Å². The highest BCUT2D eigenvalue weighted by molar-refractivity contribution is 7.80. The van der Waals surface area contributed by atoms with Crippen LogP contribution in [0.1, 0.15) is 38.5 Å². The van der Waals surface area contributed by atoms with Gasteiger partial charge in [0.1, 0.15) is 0 Å². The van der Waals surface area contributed by atoms with Gasteiger partial charge in [0.25, 0.3) is 0 Å². The topological polar surface area (TPSA) is 27.7 Å². The third-order valence-corrected chi connectivity index (χ3v) is 6.78. The van der Waals surface area contributed by atoms with Gasteiger partial charge in [0.05, 0.1) is 13.2 Å². The van der Waals surface area contributed by atoms with Crippen molar-refractivity contribution in [3.8, 4) is 0 Å². The number of hydrogen-bond acceptors (Lipinski definition) is 3. The van der Waals surface area contributed by atoms with E-state index in [4.69, 9.17) is 17.0 Å². The third-order valence-electron chi connectivity index (χ3n) is 6.40. The van der Waals surface area contributed by atoms with Gasteiger partial charge >= 0.3 is 0 Å². The summed E-state index contributed by atoms with van der Waals surface area (Å²) in [6.45, 7) is 7.35. The Bertz CT molecular complexity index is 412. The molecule has 0 aromatic heterocycles. The zero-order valence-corrected chi connectivity index (χ0v) is 15.0. The highest BCUT2D eigenvalue weighted by Crippen LogP contribution is 2.47. The molecule has 2 saturated carbocycles. The van der Waals surface area contributed by atoms with E-state index in [0.29, 0.717) is 0 Å². The minimum atomic E-state index is 0.727. The maximum atomic E-state index is 5.76. The van der Waals surface area contributed by atoms with E-state index < -0.39 is 0 Å². The molecule has 2 aliphatic carbocycles. The Kier molecular flexibility index (Phi) is 5.07. The molecule has 0 aromatic rings. The summed E-state index contributed by atoms with van der Waals surface area (Å²) in [6.07, 6.45) is 8.38. The fourth-order valence-corrected chi connectivity index (χ4v) is 5.78. The standard InChI is InChI=1S/C18H31N3OS/c23-18(19-2-1-3-20-4-6-22-7-5-20)21-13-16-9-14-8-15(10-16)12-17(21)11-14/h14-17H,1-13H2,(H,19,23)/t14-,15+,16?,17?. The van der Waals surface area contributed by atoms with Crippen LogP contribution in [0.3, 0.4) is 0 Å². The van der Waals surface area contributed by atoms with Crippen LogP contribution in [0.4, 0.5) is 0 Å². The average molecular weight is 338 g/mol. The number of fused-ring (bicyclic) bond motifs is 1. The van der Waals surface area contributed by atoms with Crippen LogP contribution in [0, 0.1) is 17.8 Å². The fraction of sp³-hybridized carbons (Fsp3) is 0.944. The van der Waals surface area contributed by atoms with E-state index in [1.165, 1.54) is 45.1 Å². The maximum Gasteiger partial charge on any atom is 0.169 e. The smallest absolute Gasteiger partial charge is 0.169 e. The van der Waals surface area contributed by atoms with Crippen LogP contribution in [0.5, 0.6) is 0 Å². The quantitative estimate of drug-likeness (QED) is 0.626. The minimum absolute atomic E-state index is 0.727. The van der Waals surface area contributed by atoms with E-state index in [1.807, 2.05) is 0 Å². The second kappa shape index (κ2) is 7.24. The zero-order chi connectivity index (χ0) is 15.6. The van der Waals surface area contributed by atoms with Crippen molar-refractivity contribution in [2.24, 2.45) is 17.8 Å². The number of rotatable bonds is 4. The Hall–Kier alpha value is -0.390. The first-order valence-corrected chi connectivity index (χ1v) is 10.0. The lowest BCUT2D eigenvalue weighted by Crippen LogP contribution is -2.47. The summed E-state index contributed by atoms with van der Waals surface area (Å²) < 4.78 is 5.40. The average Bonchev–Trinajstić information content (AvgIpc) is 2.76. The van der Waals surface area contributed by atoms with Gasteiger partial charge in [-0.15, -0.1) is 0 Å². The van der Waals surface area contributed by atoms with Crippen LogP contribution in [0.25, 0.3) is 0 Å². The highest BCUT2D eigenvalue weighted by Gasteiger charge is 2.43. The molecular weight excluding hydrogens is 306 g/mol.